The molecule has 5 heteroatoms. The first-order valence-electron chi connectivity index (χ1n) is 5.59. The Bertz CT molecular complexity index is 827. The number of aromatic nitrogens is 2. The lowest BCUT2D eigenvalue weighted by Crippen LogP contribution is -1.91. The number of H-pyrrole nitrogens is 1. The summed E-state index contributed by atoms with van der Waals surface area (Å²) in [5, 5.41) is 10.2. The van der Waals surface area contributed by atoms with Gasteiger partial charge in [0, 0.05) is 16.3 Å². The van der Waals surface area contributed by atoms with E-state index in [1.54, 1.807) is 12.1 Å². The summed E-state index contributed by atoms with van der Waals surface area (Å²) in [4.78, 5) is 0. The maximum absolute atomic E-state index is 6.06. The molecule has 1 aromatic heterocycles. The summed E-state index contributed by atoms with van der Waals surface area (Å²) < 4.78 is 0.624. The highest BCUT2D eigenvalue weighted by Crippen LogP contribution is 2.31. The number of aromatic amines is 1. The molecule has 2 aromatic carbocycles. The maximum Gasteiger partial charge on any atom is 0.127 e. The van der Waals surface area contributed by atoms with Crippen LogP contribution < -0.4 is 0 Å². The summed E-state index contributed by atoms with van der Waals surface area (Å²) in [5.74, 6) is 0. The number of hydrogen-bond acceptors (Lipinski definition) is 2. The first kappa shape index (κ1) is 12.6. The van der Waals surface area contributed by atoms with Crippen LogP contribution >= 0.6 is 35.4 Å². The predicted octanol–water partition coefficient (Wildman–Crippen LogP) is 5.27. The van der Waals surface area contributed by atoms with Crippen LogP contribution in [0.5, 0.6) is 0 Å². The van der Waals surface area contributed by atoms with Gasteiger partial charge in [-0.25, -0.2) is 0 Å². The fourth-order valence-corrected chi connectivity index (χ4v) is 2.50. The average molecular weight is 307 g/mol. The Kier molecular flexibility index (Phi) is 3.27. The molecule has 0 amide bonds. The molecule has 0 aliphatic heterocycles. The summed E-state index contributed by atoms with van der Waals surface area (Å²) in [6.45, 7) is 0. The third-order valence-electron chi connectivity index (χ3n) is 2.89. The lowest BCUT2D eigenvalue weighted by Gasteiger charge is -2.06. The highest BCUT2D eigenvalue weighted by Gasteiger charge is 2.08. The summed E-state index contributed by atoms with van der Waals surface area (Å²) in [6, 6.07) is 13.3. The maximum atomic E-state index is 6.06. The van der Waals surface area contributed by atoms with Gasteiger partial charge < -0.3 is 0 Å². The van der Waals surface area contributed by atoms with E-state index < -0.39 is 0 Å². The molecule has 1 N–H and O–H groups in total. The van der Waals surface area contributed by atoms with Gasteiger partial charge in [-0.1, -0.05) is 65.8 Å². The fraction of sp³-hybridized carbons (Fsp3) is 0. The molecule has 0 aliphatic rings. The van der Waals surface area contributed by atoms with Gasteiger partial charge in [-0.15, -0.1) is 0 Å². The van der Waals surface area contributed by atoms with Gasteiger partial charge in [-0.05, 0) is 12.1 Å². The zero-order chi connectivity index (χ0) is 13.4. The van der Waals surface area contributed by atoms with Crippen molar-refractivity contribution < 1.29 is 0 Å². The molecule has 2 nitrogen and oxygen atoms in total. The summed E-state index contributed by atoms with van der Waals surface area (Å²) in [6.07, 6.45) is 0. The van der Waals surface area contributed by atoms with E-state index in [-0.39, 0.29) is 0 Å². The topological polar surface area (TPSA) is 28.7 Å². The Hall–Kier alpha value is -1.42. The van der Waals surface area contributed by atoms with Gasteiger partial charge in [0.25, 0.3) is 0 Å². The van der Waals surface area contributed by atoms with Crippen molar-refractivity contribution in [2.75, 3.05) is 0 Å². The van der Waals surface area contributed by atoms with Crippen LogP contribution in [0.15, 0.2) is 42.5 Å². The first-order valence-corrected chi connectivity index (χ1v) is 6.76. The number of halogens is 2. The van der Waals surface area contributed by atoms with Crippen molar-refractivity contribution in [1.29, 1.82) is 0 Å². The fourth-order valence-electron chi connectivity index (χ4n) is 1.98. The Morgan fingerprint density at radius 2 is 1.68 bits per heavy atom. The normalized spacial score (nSPS) is 10.8. The van der Waals surface area contributed by atoms with E-state index in [2.05, 4.69) is 10.2 Å². The lowest BCUT2D eigenvalue weighted by atomic mass is 10.1. The van der Waals surface area contributed by atoms with Crippen LogP contribution in [-0.2, 0) is 0 Å². The SMILES string of the molecule is S=c1[nH]nc(-c2ccc(Cl)c(Cl)c2)c2ccccc12. The van der Waals surface area contributed by atoms with Gasteiger partial charge >= 0.3 is 0 Å². The van der Waals surface area contributed by atoms with E-state index in [9.17, 15) is 0 Å². The Balaban J connectivity index is 2.34. The van der Waals surface area contributed by atoms with Crippen LogP contribution in [0.25, 0.3) is 22.0 Å². The number of nitrogens with one attached hydrogen (secondary N) is 1. The Labute approximate surface area is 125 Å². The molecule has 1 heterocycles. The van der Waals surface area contributed by atoms with Crippen LogP contribution in [0.3, 0.4) is 0 Å². The van der Waals surface area contributed by atoms with Crippen LogP contribution in [0.1, 0.15) is 0 Å². The molecule has 3 aromatic rings. The Morgan fingerprint density at radius 1 is 0.947 bits per heavy atom. The summed E-state index contributed by atoms with van der Waals surface area (Å²) in [7, 11) is 0. The highest BCUT2D eigenvalue weighted by molar-refractivity contribution is 7.71. The van der Waals surface area contributed by atoms with E-state index >= 15 is 0 Å². The molecule has 0 saturated heterocycles. The molecule has 0 spiro atoms. The minimum atomic E-state index is 0.507. The van der Waals surface area contributed by atoms with Gasteiger partial charge in [-0.3, -0.25) is 5.10 Å². The second kappa shape index (κ2) is 4.93. The van der Waals surface area contributed by atoms with E-state index in [4.69, 9.17) is 35.4 Å². The number of hydrogen-bond donors (Lipinski definition) is 1. The van der Waals surface area contributed by atoms with Crippen LogP contribution in [0.2, 0.25) is 10.0 Å². The quantitative estimate of drug-likeness (QED) is 0.621. The molecule has 0 aliphatic carbocycles. The summed E-state index contributed by atoms with van der Waals surface area (Å²) >= 11 is 17.2. The minimum Gasteiger partial charge on any atom is -0.267 e. The number of rotatable bonds is 1. The number of fused-ring (bicyclic) bond motifs is 1. The zero-order valence-electron chi connectivity index (χ0n) is 9.65. The average Bonchev–Trinajstić information content (AvgIpc) is 2.43. The molecular formula is C14H8Cl2N2S. The van der Waals surface area contributed by atoms with Gasteiger partial charge in [0.1, 0.15) is 4.64 Å². The van der Waals surface area contributed by atoms with Crippen molar-refractivity contribution in [3.05, 3.63) is 57.2 Å². The second-order valence-corrected chi connectivity index (χ2v) is 5.30. The molecule has 19 heavy (non-hydrogen) atoms. The van der Waals surface area contributed by atoms with E-state index in [0.29, 0.717) is 14.7 Å². The molecule has 0 radical (unpaired) electrons. The minimum absolute atomic E-state index is 0.507. The largest absolute Gasteiger partial charge is 0.267 e. The molecule has 94 valence electrons. The van der Waals surface area contributed by atoms with Gasteiger partial charge in [0.2, 0.25) is 0 Å². The van der Waals surface area contributed by atoms with E-state index in [0.717, 1.165) is 22.0 Å². The monoisotopic (exact) mass is 306 g/mol. The first-order chi connectivity index (χ1) is 9.16. The second-order valence-electron chi connectivity index (χ2n) is 4.08. The Morgan fingerprint density at radius 3 is 2.42 bits per heavy atom. The van der Waals surface area contributed by atoms with Gasteiger partial charge in [0.05, 0.1) is 15.7 Å². The molecule has 0 atom stereocenters. The highest BCUT2D eigenvalue weighted by atomic mass is 35.5. The third-order valence-corrected chi connectivity index (χ3v) is 3.94. The molecular weight excluding hydrogens is 299 g/mol. The molecule has 0 bridgehead atoms. The van der Waals surface area contributed by atoms with Gasteiger partial charge in [0.15, 0.2) is 0 Å². The number of nitrogens with zero attached hydrogens (tertiary/aromatic N) is 1. The van der Waals surface area contributed by atoms with Crippen LogP contribution in [-0.4, -0.2) is 10.2 Å². The van der Waals surface area contributed by atoms with Crippen LogP contribution in [0, 0.1) is 4.64 Å². The van der Waals surface area contributed by atoms with Crippen molar-refractivity contribution in [1.82, 2.24) is 10.2 Å². The van der Waals surface area contributed by atoms with Crippen molar-refractivity contribution in [2.45, 2.75) is 0 Å². The smallest absolute Gasteiger partial charge is 0.127 e. The van der Waals surface area contributed by atoms with Crippen molar-refractivity contribution in [2.24, 2.45) is 0 Å². The van der Waals surface area contributed by atoms with Crippen molar-refractivity contribution in [3.8, 4) is 11.3 Å². The summed E-state index contributed by atoms with van der Waals surface area (Å²) in [5.41, 5.74) is 1.71. The molecule has 0 unspecified atom stereocenters. The van der Waals surface area contributed by atoms with E-state index in [1.807, 2.05) is 30.3 Å². The van der Waals surface area contributed by atoms with Crippen molar-refractivity contribution in [3.63, 3.8) is 0 Å². The number of benzene rings is 2. The molecule has 0 fully saturated rings. The zero-order valence-corrected chi connectivity index (χ0v) is 12.0. The molecule has 3 rings (SSSR count). The standard InChI is InChI=1S/C14H8Cl2N2S/c15-11-6-5-8(7-12(11)16)13-9-3-1-2-4-10(9)14(19)18-17-13/h1-7H,(H,18,19). The molecule has 0 saturated carbocycles. The van der Waals surface area contributed by atoms with E-state index in [1.165, 1.54) is 0 Å². The van der Waals surface area contributed by atoms with Crippen LogP contribution in [0.4, 0.5) is 0 Å². The van der Waals surface area contributed by atoms with Crippen molar-refractivity contribution >= 4 is 46.2 Å². The lowest BCUT2D eigenvalue weighted by molar-refractivity contribution is 1.04. The van der Waals surface area contributed by atoms with Gasteiger partial charge in [-0.2, -0.15) is 5.10 Å². The predicted molar refractivity (Wildman–Crippen MR) is 82.4 cm³/mol. The third kappa shape index (κ3) is 2.25.